The van der Waals surface area contributed by atoms with Crippen LogP contribution in [0.5, 0.6) is 5.75 Å². The zero-order chi connectivity index (χ0) is 12.4. The summed E-state index contributed by atoms with van der Waals surface area (Å²) in [5.74, 6) is 0.934. The van der Waals surface area contributed by atoms with Gasteiger partial charge in [-0.1, -0.05) is 0 Å². The Hall–Kier alpha value is -1.48. The standard InChI is InChI=1S/C14H20N2O/c1-4-17-11-5-6-14-13(9-11)12(7-8-15)10(2)16(14)3/h5-6,9H,4,7-8,15H2,1-3H3. The Morgan fingerprint density at radius 1 is 1.35 bits per heavy atom. The van der Waals surface area contributed by atoms with Crippen molar-refractivity contribution in [3.05, 3.63) is 29.5 Å². The first-order valence-electron chi connectivity index (χ1n) is 6.09. The molecule has 0 aliphatic rings. The van der Waals surface area contributed by atoms with Gasteiger partial charge in [-0.25, -0.2) is 0 Å². The number of rotatable bonds is 4. The molecule has 1 aromatic carbocycles. The number of hydrogen-bond acceptors (Lipinski definition) is 2. The fourth-order valence-corrected chi connectivity index (χ4v) is 2.34. The normalized spacial score (nSPS) is 11.1. The molecule has 0 spiro atoms. The first kappa shape index (κ1) is 12.0. The van der Waals surface area contributed by atoms with Crippen LogP contribution in [0.3, 0.4) is 0 Å². The van der Waals surface area contributed by atoms with Gasteiger partial charge >= 0.3 is 0 Å². The molecule has 0 bridgehead atoms. The first-order chi connectivity index (χ1) is 8.19. The van der Waals surface area contributed by atoms with E-state index < -0.39 is 0 Å². The summed E-state index contributed by atoms with van der Waals surface area (Å²) in [7, 11) is 2.10. The summed E-state index contributed by atoms with van der Waals surface area (Å²) < 4.78 is 7.77. The molecular weight excluding hydrogens is 212 g/mol. The van der Waals surface area contributed by atoms with Crippen molar-refractivity contribution >= 4 is 10.9 Å². The summed E-state index contributed by atoms with van der Waals surface area (Å²) in [4.78, 5) is 0. The maximum absolute atomic E-state index is 5.69. The summed E-state index contributed by atoms with van der Waals surface area (Å²) >= 11 is 0. The van der Waals surface area contributed by atoms with Crippen LogP contribution in [0.1, 0.15) is 18.2 Å². The smallest absolute Gasteiger partial charge is 0.120 e. The van der Waals surface area contributed by atoms with Crippen LogP contribution in [0.4, 0.5) is 0 Å². The Balaban J connectivity index is 2.61. The highest BCUT2D eigenvalue weighted by Gasteiger charge is 2.11. The van der Waals surface area contributed by atoms with Crippen LogP contribution in [0.2, 0.25) is 0 Å². The van der Waals surface area contributed by atoms with Crippen LogP contribution in [0.15, 0.2) is 18.2 Å². The molecule has 92 valence electrons. The first-order valence-corrected chi connectivity index (χ1v) is 6.09. The molecule has 0 atom stereocenters. The average molecular weight is 232 g/mol. The molecule has 17 heavy (non-hydrogen) atoms. The molecule has 3 nitrogen and oxygen atoms in total. The molecule has 3 heteroatoms. The minimum atomic E-state index is 0.679. The number of benzene rings is 1. The third-order valence-corrected chi connectivity index (χ3v) is 3.30. The van der Waals surface area contributed by atoms with Gasteiger partial charge in [0.2, 0.25) is 0 Å². The monoisotopic (exact) mass is 232 g/mol. The van der Waals surface area contributed by atoms with Crippen molar-refractivity contribution in [2.75, 3.05) is 13.2 Å². The molecule has 0 radical (unpaired) electrons. The Labute approximate surface area is 102 Å². The molecular formula is C14H20N2O. The van der Waals surface area contributed by atoms with Gasteiger partial charge in [0.1, 0.15) is 5.75 Å². The molecule has 0 aliphatic heterocycles. The van der Waals surface area contributed by atoms with E-state index in [1.54, 1.807) is 0 Å². The Bertz CT molecular complexity index is 528. The van der Waals surface area contributed by atoms with Crippen LogP contribution in [-0.2, 0) is 13.5 Å². The quantitative estimate of drug-likeness (QED) is 0.879. The lowest BCUT2D eigenvalue weighted by atomic mass is 10.1. The van der Waals surface area contributed by atoms with E-state index >= 15 is 0 Å². The zero-order valence-corrected chi connectivity index (χ0v) is 10.8. The van der Waals surface area contributed by atoms with E-state index in [1.165, 1.54) is 22.2 Å². The third-order valence-electron chi connectivity index (χ3n) is 3.30. The van der Waals surface area contributed by atoms with E-state index in [4.69, 9.17) is 10.5 Å². The largest absolute Gasteiger partial charge is 0.494 e. The van der Waals surface area contributed by atoms with Crippen LogP contribution >= 0.6 is 0 Å². The predicted molar refractivity (Wildman–Crippen MR) is 71.6 cm³/mol. The van der Waals surface area contributed by atoms with Gasteiger partial charge in [0, 0.05) is 23.6 Å². The summed E-state index contributed by atoms with van der Waals surface area (Å²) in [5.41, 5.74) is 9.56. The van der Waals surface area contributed by atoms with Crippen LogP contribution in [0, 0.1) is 6.92 Å². The van der Waals surface area contributed by atoms with Crippen molar-refractivity contribution in [3.8, 4) is 5.75 Å². The van der Waals surface area contributed by atoms with Crippen LogP contribution in [0.25, 0.3) is 10.9 Å². The molecule has 0 amide bonds. The molecule has 2 N–H and O–H groups in total. The SMILES string of the molecule is CCOc1ccc2c(c1)c(CCN)c(C)n2C. The van der Waals surface area contributed by atoms with E-state index in [0.717, 1.165) is 12.2 Å². The highest BCUT2D eigenvalue weighted by atomic mass is 16.5. The summed E-state index contributed by atoms with van der Waals surface area (Å²) in [6.07, 6.45) is 0.915. The van der Waals surface area contributed by atoms with E-state index in [2.05, 4.69) is 30.7 Å². The Kier molecular flexibility index (Phi) is 3.38. The van der Waals surface area contributed by atoms with Crippen molar-refractivity contribution in [2.24, 2.45) is 12.8 Å². The third kappa shape index (κ3) is 2.03. The molecule has 0 aliphatic carbocycles. The predicted octanol–water partition coefficient (Wildman–Crippen LogP) is 2.39. The van der Waals surface area contributed by atoms with Crippen LogP contribution in [-0.4, -0.2) is 17.7 Å². The van der Waals surface area contributed by atoms with Gasteiger partial charge in [-0.15, -0.1) is 0 Å². The molecule has 2 aromatic rings. The molecule has 1 aromatic heterocycles. The molecule has 1 heterocycles. The number of nitrogens with two attached hydrogens (primary N) is 1. The highest BCUT2D eigenvalue weighted by Crippen LogP contribution is 2.28. The van der Waals surface area contributed by atoms with E-state index in [-0.39, 0.29) is 0 Å². The lowest BCUT2D eigenvalue weighted by Gasteiger charge is -2.04. The Morgan fingerprint density at radius 2 is 2.12 bits per heavy atom. The van der Waals surface area contributed by atoms with E-state index in [1.807, 2.05) is 13.0 Å². The zero-order valence-electron chi connectivity index (χ0n) is 10.8. The van der Waals surface area contributed by atoms with Gasteiger partial charge in [0.05, 0.1) is 6.61 Å². The van der Waals surface area contributed by atoms with Gasteiger partial charge in [0.15, 0.2) is 0 Å². The number of aromatic nitrogens is 1. The highest BCUT2D eigenvalue weighted by molar-refractivity contribution is 5.86. The lowest BCUT2D eigenvalue weighted by Crippen LogP contribution is -2.04. The average Bonchev–Trinajstić information content (AvgIpc) is 2.55. The van der Waals surface area contributed by atoms with Crippen molar-refractivity contribution in [2.45, 2.75) is 20.3 Å². The lowest BCUT2D eigenvalue weighted by molar-refractivity contribution is 0.340. The second kappa shape index (κ2) is 4.80. The summed E-state index contributed by atoms with van der Waals surface area (Å²) in [6, 6.07) is 6.27. The van der Waals surface area contributed by atoms with Gasteiger partial charge in [-0.2, -0.15) is 0 Å². The fourth-order valence-electron chi connectivity index (χ4n) is 2.34. The molecule has 0 saturated heterocycles. The van der Waals surface area contributed by atoms with Gasteiger partial charge in [-0.3, -0.25) is 0 Å². The topological polar surface area (TPSA) is 40.2 Å². The number of nitrogens with zero attached hydrogens (tertiary/aromatic N) is 1. The number of fused-ring (bicyclic) bond motifs is 1. The van der Waals surface area contributed by atoms with Gasteiger partial charge < -0.3 is 15.0 Å². The maximum atomic E-state index is 5.69. The minimum absolute atomic E-state index is 0.679. The second-order valence-electron chi connectivity index (χ2n) is 4.27. The fraction of sp³-hybridized carbons (Fsp3) is 0.429. The molecule has 2 rings (SSSR count). The van der Waals surface area contributed by atoms with E-state index in [9.17, 15) is 0 Å². The number of hydrogen-bond donors (Lipinski definition) is 1. The molecule has 0 fully saturated rings. The Morgan fingerprint density at radius 3 is 2.76 bits per heavy atom. The maximum Gasteiger partial charge on any atom is 0.120 e. The number of ether oxygens (including phenoxy) is 1. The van der Waals surface area contributed by atoms with Gasteiger partial charge in [0.25, 0.3) is 0 Å². The minimum Gasteiger partial charge on any atom is -0.494 e. The molecule has 0 saturated carbocycles. The van der Waals surface area contributed by atoms with Crippen molar-refractivity contribution in [3.63, 3.8) is 0 Å². The van der Waals surface area contributed by atoms with Crippen molar-refractivity contribution < 1.29 is 4.74 Å². The van der Waals surface area contributed by atoms with Crippen molar-refractivity contribution in [1.82, 2.24) is 4.57 Å². The second-order valence-corrected chi connectivity index (χ2v) is 4.27. The van der Waals surface area contributed by atoms with Crippen LogP contribution < -0.4 is 10.5 Å². The number of aryl methyl sites for hydroxylation is 1. The summed E-state index contributed by atoms with van der Waals surface area (Å²) in [6.45, 7) is 5.52. The van der Waals surface area contributed by atoms with E-state index in [0.29, 0.717) is 13.2 Å². The molecule has 0 unspecified atom stereocenters. The van der Waals surface area contributed by atoms with Crippen molar-refractivity contribution in [1.29, 1.82) is 0 Å². The van der Waals surface area contributed by atoms with Gasteiger partial charge in [-0.05, 0) is 50.6 Å². The summed E-state index contributed by atoms with van der Waals surface area (Å²) in [5, 5.41) is 1.27.